The smallest absolute Gasteiger partial charge is 0.338 e. The van der Waals surface area contributed by atoms with Crippen LogP contribution in [0.2, 0.25) is 0 Å². The summed E-state index contributed by atoms with van der Waals surface area (Å²) >= 11 is 0. The van der Waals surface area contributed by atoms with E-state index in [1.54, 1.807) is 29.1 Å². The predicted molar refractivity (Wildman–Crippen MR) is 86.1 cm³/mol. The van der Waals surface area contributed by atoms with Crippen molar-refractivity contribution in [3.8, 4) is 11.4 Å². The summed E-state index contributed by atoms with van der Waals surface area (Å²) in [5.41, 5.74) is 2.14. The van der Waals surface area contributed by atoms with Crippen molar-refractivity contribution >= 4 is 5.97 Å². The first-order chi connectivity index (χ1) is 11.5. The highest BCUT2D eigenvalue weighted by molar-refractivity contribution is 5.90. The van der Waals surface area contributed by atoms with Gasteiger partial charge in [0.2, 0.25) is 5.82 Å². The van der Waals surface area contributed by atoms with Crippen LogP contribution in [-0.2, 0) is 18.3 Å². The summed E-state index contributed by atoms with van der Waals surface area (Å²) < 4.78 is 6.96. The van der Waals surface area contributed by atoms with Gasteiger partial charge >= 0.3 is 5.97 Å². The Bertz CT molecular complexity index is 852. The number of carbonyl (C=O) groups excluding carboxylic acids is 1. The van der Waals surface area contributed by atoms with Gasteiger partial charge in [-0.05, 0) is 37.3 Å². The van der Waals surface area contributed by atoms with E-state index in [1.807, 2.05) is 33.0 Å². The number of benzene rings is 1. The Labute approximate surface area is 139 Å². The summed E-state index contributed by atoms with van der Waals surface area (Å²) in [4.78, 5) is 13.5. The molecule has 24 heavy (non-hydrogen) atoms. The number of esters is 1. The first-order valence-corrected chi connectivity index (χ1v) is 7.59. The number of tetrazole rings is 1. The molecule has 0 aliphatic heterocycles. The zero-order valence-corrected chi connectivity index (χ0v) is 13.7. The Morgan fingerprint density at radius 1 is 1.29 bits per heavy atom. The fourth-order valence-corrected chi connectivity index (χ4v) is 2.19. The Kier molecular flexibility index (Phi) is 4.37. The maximum atomic E-state index is 12.0. The van der Waals surface area contributed by atoms with E-state index in [1.165, 1.54) is 4.80 Å². The molecule has 2 heterocycles. The van der Waals surface area contributed by atoms with Gasteiger partial charge in [0.25, 0.3) is 0 Å². The van der Waals surface area contributed by atoms with E-state index in [0.717, 1.165) is 5.69 Å². The fourth-order valence-electron chi connectivity index (χ4n) is 2.19. The van der Waals surface area contributed by atoms with E-state index in [9.17, 15) is 4.79 Å². The number of nitrogens with zero attached hydrogens (tertiary/aromatic N) is 6. The fraction of sp³-hybridized carbons (Fsp3) is 0.312. The standard InChI is InChI=1S/C16H18N6O2/c1-11(2)24-16(23)13-6-4-5-12(9-13)15-18-20-22(19-15)10-14-7-8-17-21(14)3/h4-9,11H,10H2,1-3H3. The van der Waals surface area contributed by atoms with Crippen LogP contribution in [0, 0.1) is 0 Å². The van der Waals surface area contributed by atoms with Crippen molar-refractivity contribution in [1.29, 1.82) is 0 Å². The molecule has 3 rings (SSSR count). The van der Waals surface area contributed by atoms with Crippen molar-refractivity contribution < 1.29 is 9.53 Å². The third-order valence-corrected chi connectivity index (χ3v) is 3.38. The van der Waals surface area contributed by atoms with Crippen molar-refractivity contribution in [2.24, 2.45) is 7.05 Å². The lowest BCUT2D eigenvalue weighted by Crippen LogP contribution is -2.11. The molecule has 8 heteroatoms. The van der Waals surface area contributed by atoms with Crippen LogP contribution in [0.4, 0.5) is 0 Å². The summed E-state index contributed by atoms with van der Waals surface area (Å²) in [6, 6.07) is 8.90. The van der Waals surface area contributed by atoms with Gasteiger partial charge in [-0.1, -0.05) is 12.1 Å². The summed E-state index contributed by atoms with van der Waals surface area (Å²) in [6.07, 6.45) is 1.55. The van der Waals surface area contributed by atoms with E-state index < -0.39 is 0 Å². The van der Waals surface area contributed by atoms with Crippen molar-refractivity contribution in [3.63, 3.8) is 0 Å². The highest BCUT2D eigenvalue weighted by atomic mass is 16.5. The molecule has 0 spiro atoms. The molecule has 0 amide bonds. The van der Waals surface area contributed by atoms with E-state index in [4.69, 9.17) is 4.74 Å². The maximum Gasteiger partial charge on any atom is 0.338 e. The number of hydrogen-bond acceptors (Lipinski definition) is 6. The lowest BCUT2D eigenvalue weighted by atomic mass is 10.1. The molecule has 0 aliphatic rings. The van der Waals surface area contributed by atoms with Gasteiger partial charge in [-0.3, -0.25) is 4.68 Å². The van der Waals surface area contributed by atoms with Gasteiger partial charge in [0.15, 0.2) is 0 Å². The average Bonchev–Trinajstić information content (AvgIpc) is 3.17. The summed E-state index contributed by atoms with van der Waals surface area (Å²) in [5.74, 6) is 0.0884. The molecule has 0 radical (unpaired) electrons. The third-order valence-electron chi connectivity index (χ3n) is 3.38. The number of carbonyl (C=O) groups is 1. The minimum absolute atomic E-state index is 0.168. The number of aromatic nitrogens is 6. The highest BCUT2D eigenvalue weighted by Crippen LogP contribution is 2.16. The minimum atomic E-state index is -0.367. The van der Waals surface area contributed by atoms with E-state index in [0.29, 0.717) is 23.5 Å². The number of hydrogen-bond donors (Lipinski definition) is 0. The van der Waals surface area contributed by atoms with E-state index >= 15 is 0 Å². The average molecular weight is 326 g/mol. The van der Waals surface area contributed by atoms with Crippen molar-refractivity contribution in [2.75, 3.05) is 0 Å². The van der Waals surface area contributed by atoms with Crippen LogP contribution in [0.15, 0.2) is 36.5 Å². The number of rotatable bonds is 5. The first-order valence-electron chi connectivity index (χ1n) is 7.59. The number of aryl methyl sites for hydroxylation is 1. The van der Waals surface area contributed by atoms with Gasteiger partial charge in [-0.25, -0.2) is 4.79 Å². The SMILES string of the molecule is CC(C)OC(=O)c1cccc(-c2nnn(Cc3ccnn3C)n2)c1. The first kappa shape index (κ1) is 15.9. The molecule has 2 aromatic heterocycles. The summed E-state index contributed by atoms with van der Waals surface area (Å²) in [5, 5.41) is 16.6. The van der Waals surface area contributed by atoms with Crippen LogP contribution < -0.4 is 0 Å². The molecule has 0 atom stereocenters. The molecule has 0 aliphatic carbocycles. The molecular weight excluding hydrogens is 308 g/mol. The molecule has 1 aromatic carbocycles. The van der Waals surface area contributed by atoms with Crippen molar-refractivity contribution in [3.05, 3.63) is 47.8 Å². The molecule has 0 N–H and O–H groups in total. The Hall–Kier alpha value is -3.03. The zero-order chi connectivity index (χ0) is 17.1. The monoisotopic (exact) mass is 326 g/mol. The quantitative estimate of drug-likeness (QED) is 0.663. The van der Waals surface area contributed by atoms with Crippen LogP contribution in [0.25, 0.3) is 11.4 Å². The predicted octanol–water partition coefficient (Wildman–Crippen LogP) is 1.69. The van der Waals surface area contributed by atoms with Crippen LogP contribution in [0.5, 0.6) is 0 Å². The van der Waals surface area contributed by atoms with Gasteiger partial charge in [0, 0.05) is 18.8 Å². The summed E-state index contributed by atoms with van der Waals surface area (Å²) in [7, 11) is 1.86. The topological polar surface area (TPSA) is 87.7 Å². The maximum absolute atomic E-state index is 12.0. The van der Waals surface area contributed by atoms with Gasteiger partial charge < -0.3 is 4.74 Å². The van der Waals surface area contributed by atoms with Gasteiger partial charge in [0.05, 0.1) is 17.4 Å². The molecular formula is C16H18N6O2. The van der Waals surface area contributed by atoms with E-state index in [-0.39, 0.29) is 12.1 Å². The second kappa shape index (κ2) is 6.61. The Balaban J connectivity index is 1.80. The Morgan fingerprint density at radius 2 is 2.12 bits per heavy atom. The van der Waals surface area contributed by atoms with Crippen molar-refractivity contribution in [2.45, 2.75) is 26.5 Å². The van der Waals surface area contributed by atoms with Crippen molar-refractivity contribution in [1.82, 2.24) is 30.0 Å². The summed E-state index contributed by atoms with van der Waals surface area (Å²) in [6.45, 7) is 4.10. The third kappa shape index (κ3) is 3.48. The van der Waals surface area contributed by atoms with Gasteiger partial charge in [-0.15, -0.1) is 10.2 Å². The Morgan fingerprint density at radius 3 is 2.83 bits per heavy atom. The van der Waals surface area contributed by atoms with Crippen LogP contribution >= 0.6 is 0 Å². The highest BCUT2D eigenvalue weighted by Gasteiger charge is 2.13. The minimum Gasteiger partial charge on any atom is -0.459 e. The zero-order valence-electron chi connectivity index (χ0n) is 13.7. The van der Waals surface area contributed by atoms with Crippen LogP contribution in [0.3, 0.4) is 0 Å². The molecule has 3 aromatic rings. The van der Waals surface area contributed by atoms with E-state index in [2.05, 4.69) is 20.5 Å². The molecule has 0 bridgehead atoms. The normalized spacial score (nSPS) is 11.0. The lowest BCUT2D eigenvalue weighted by molar-refractivity contribution is 0.0378. The molecule has 0 saturated carbocycles. The number of ether oxygens (including phenoxy) is 1. The second-order valence-electron chi connectivity index (χ2n) is 5.62. The van der Waals surface area contributed by atoms with Crippen LogP contribution in [0.1, 0.15) is 29.9 Å². The molecule has 0 fully saturated rings. The second-order valence-corrected chi connectivity index (χ2v) is 5.62. The largest absolute Gasteiger partial charge is 0.459 e. The lowest BCUT2D eigenvalue weighted by Gasteiger charge is -2.08. The van der Waals surface area contributed by atoms with Gasteiger partial charge in [-0.2, -0.15) is 9.90 Å². The molecule has 8 nitrogen and oxygen atoms in total. The molecule has 124 valence electrons. The van der Waals surface area contributed by atoms with Gasteiger partial charge in [0.1, 0.15) is 6.54 Å². The molecule has 0 saturated heterocycles. The van der Waals surface area contributed by atoms with Crippen LogP contribution in [-0.4, -0.2) is 42.1 Å². The molecule has 0 unspecified atom stereocenters.